The lowest BCUT2D eigenvalue weighted by molar-refractivity contribution is 0.0954. The number of methoxy groups -OCH3 is 1. The second-order valence-corrected chi connectivity index (χ2v) is 8.48. The number of carbonyl (C=O) groups excluding carboxylic acids is 1. The first-order valence-corrected chi connectivity index (χ1v) is 10.8. The number of anilines is 1. The van der Waals surface area contributed by atoms with Crippen molar-refractivity contribution >= 4 is 52.3 Å². The third-order valence-corrected chi connectivity index (χ3v) is 6.01. The van der Waals surface area contributed by atoms with Gasteiger partial charge in [0.25, 0.3) is 5.91 Å². The van der Waals surface area contributed by atoms with Gasteiger partial charge >= 0.3 is 6.16 Å². The highest BCUT2D eigenvalue weighted by Gasteiger charge is 2.30. The number of nitrogens with zero attached hydrogens (tertiary/aromatic N) is 1. The summed E-state index contributed by atoms with van der Waals surface area (Å²) in [5, 5.41) is 9.91. The molecule has 1 amide bonds. The van der Waals surface area contributed by atoms with Gasteiger partial charge in [-0.3, -0.25) is 9.69 Å². The van der Waals surface area contributed by atoms with E-state index in [1.54, 1.807) is 19.1 Å². The summed E-state index contributed by atoms with van der Waals surface area (Å²) in [5.74, 6) is -0.432. The summed E-state index contributed by atoms with van der Waals surface area (Å²) >= 11 is 13.4. The Morgan fingerprint density at radius 1 is 1.13 bits per heavy atom. The van der Waals surface area contributed by atoms with E-state index in [9.17, 15) is 14.7 Å². The minimum Gasteiger partial charge on any atom is -0.449 e. The summed E-state index contributed by atoms with van der Waals surface area (Å²) in [7, 11) is 1.52. The Morgan fingerprint density at radius 2 is 1.84 bits per heavy atom. The van der Waals surface area contributed by atoms with Crippen LogP contribution in [-0.4, -0.2) is 36.9 Å². The summed E-state index contributed by atoms with van der Waals surface area (Å²) in [6.07, 6.45) is -1.47. The highest BCUT2D eigenvalue weighted by Crippen LogP contribution is 2.44. The molecule has 0 aliphatic rings. The molecule has 6 nitrogen and oxygen atoms in total. The smallest absolute Gasteiger partial charge is 0.449 e. The minimum atomic E-state index is -1.47. The SMILES string of the molecule is COCC(C)N(C(=O)c1ccc(Cl)cc1Cl)c1cc(-c2ccccc2)sc1OC(=O)O. The molecule has 1 aromatic heterocycles. The van der Waals surface area contributed by atoms with Crippen LogP contribution in [0.15, 0.2) is 54.6 Å². The molecule has 0 radical (unpaired) electrons. The molecule has 1 heterocycles. The normalized spacial score (nSPS) is 11.7. The average Bonchev–Trinajstić information content (AvgIpc) is 3.11. The summed E-state index contributed by atoms with van der Waals surface area (Å²) < 4.78 is 10.3. The standard InChI is InChI=1S/C22H19Cl2NO5S/c1-13(12-29-2)25(20(26)16-9-8-15(23)10-17(16)24)18-11-19(14-6-4-3-5-7-14)31-21(18)30-22(27)28/h3-11,13H,12H2,1-2H3,(H,27,28). The third-order valence-electron chi connectivity index (χ3n) is 4.41. The Kier molecular flexibility index (Phi) is 7.56. The Balaban J connectivity index is 2.14. The number of rotatable bonds is 7. The first-order valence-electron chi connectivity index (χ1n) is 9.19. The van der Waals surface area contributed by atoms with Gasteiger partial charge in [0.2, 0.25) is 5.06 Å². The maximum absolute atomic E-state index is 13.5. The largest absolute Gasteiger partial charge is 0.512 e. The average molecular weight is 480 g/mol. The molecule has 3 rings (SSSR count). The lowest BCUT2D eigenvalue weighted by Crippen LogP contribution is -2.41. The van der Waals surface area contributed by atoms with Crippen LogP contribution in [0.2, 0.25) is 10.0 Å². The van der Waals surface area contributed by atoms with Crippen molar-refractivity contribution in [2.75, 3.05) is 18.6 Å². The maximum Gasteiger partial charge on any atom is 0.512 e. The van der Waals surface area contributed by atoms with E-state index >= 15 is 0 Å². The first kappa shape index (κ1) is 23.1. The van der Waals surface area contributed by atoms with Crippen LogP contribution in [0, 0.1) is 0 Å². The fraction of sp³-hybridized carbons (Fsp3) is 0.182. The molecule has 0 saturated carbocycles. The van der Waals surface area contributed by atoms with Crippen LogP contribution in [0.3, 0.4) is 0 Å². The van der Waals surface area contributed by atoms with E-state index in [0.29, 0.717) is 10.7 Å². The molecule has 0 spiro atoms. The van der Waals surface area contributed by atoms with Gasteiger partial charge in [-0.2, -0.15) is 0 Å². The van der Waals surface area contributed by atoms with E-state index < -0.39 is 18.1 Å². The molecule has 1 atom stereocenters. The van der Waals surface area contributed by atoms with E-state index in [-0.39, 0.29) is 22.3 Å². The Morgan fingerprint density at radius 3 is 2.45 bits per heavy atom. The van der Waals surface area contributed by atoms with Gasteiger partial charge in [-0.15, -0.1) is 0 Å². The van der Waals surface area contributed by atoms with E-state index in [1.165, 1.54) is 24.1 Å². The fourth-order valence-corrected chi connectivity index (χ4v) is 4.57. The second kappa shape index (κ2) is 10.2. The highest BCUT2D eigenvalue weighted by atomic mass is 35.5. The number of amides is 1. The molecule has 162 valence electrons. The molecule has 0 aliphatic heterocycles. The van der Waals surface area contributed by atoms with Crippen LogP contribution in [-0.2, 0) is 4.74 Å². The van der Waals surface area contributed by atoms with Crippen molar-refractivity contribution < 1.29 is 24.2 Å². The number of halogens is 2. The van der Waals surface area contributed by atoms with Crippen molar-refractivity contribution in [2.45, 2.75) is 13.0 Å². The quantitative estimate of drug-likeness (QED) is 0.393. The summed E-state index contributed by atoms with van der Waals surface area (Å²) in [5.41, 5.74) is 1.40. The molecule has 31 heavy (non-hydrogen) atoms. The van der Waals surface area contributed by atoms with Crippen molar-refractivity contribution in [3.05, 3.63) is 70.2 Å². The molecule has 0 bridgehead atoms. The monoisotopic (exact) mass is 479 g/mol. The van der Waals surface area contributed by atoms with Gasteiger partial charge in [0.1, 0.15) is 0 Å². The Labute approximate surface area is 193 Å². The summed E-state index contributed by atoms with van der Waals surface area (Å²) in [4.78, 5) is 27.0. The highest BCUT2D eigenvalue weighted by molar-refractivity contribution is 7.18. The number of ether oxygens (including phenoxy) is 2. The molecule has 1 N–H and O–H groups in total. The number of hydrogen-bond acceptors (Lipinski definition) is 5. The van der Waals surface area contributed by atoms with Gasteiger partial charge in [-0.25, -0.2) is 4.79 Å². The second-order valence-electron chi connectivity index (χ2n) is 6.62. The van der Waals surface area contributed by atoms with E-state index in [4.69, 9.17) is 32.7 Å². The molecule has 0 aliphatic carbocycles. The number of carbonyl (C=O) groups is 2. The molecule has 0 saturated heterocycles. The van der Waals surface area contributed by atoms with Gasteiger partial charge in [0, 0.05) is 17.0 Å². The molecule has 0 fully saturated rings. The van der Waals surface area contributed by atoms with E-state index in [0.717, 1.165) is 21.8 Å². The third kappa shape index (κ3) is 5.37. The van der Waals surface area contributed by atoms with Gasteiger partial charge in [-0.05, 0) is 36.8 Å². The van der Waals surface area contributed by atoms with Gasteiger partial charge in [0.15, 0.2) is 0 Å². The van der Waals surface area contributed by atoms with E-state index in [1.807, 2.05) is 30.3 Å². The van der Waals surface area contributed by atoms with E-state index in [2.05, 4.69) is 0 Å². The van der Waals surface area contributed by atoms with Gasteiger partial charge < -0.3 is 14.6 Å². The summed E-state index contributed by atoms with van der Waals surface area (Å²) in [6.45, 7) is 2.00. The topological polar surface area (TPSA) is 76.1 Å². The molecule has 2 aromatic carbocycles. The minimum absolute atomic E-state index is 0.0766. The van der Waals surface area contributed by atoms with Crippen LogP contribution < -0.4 is 9.64 Å². The number of hydrogen-bond donors (Lipinski definition) is 1. The van der Waals surface area contributed by atoms with Gasteiger partial charge in [0.05, 0.1) is 28.9 Å². The number of carboxylic acid groups (broad SMARTS) is 1. The van der Waals surface area contributed by atoms with Crippen molar-refractivity contribution in [3.63, 3.8) is 0 Å². The lowest BCUT2D eigenvalue weighted by atomic mass is 10.1. The van der Waals surface area contributed by atoms with Crippen molar-refractivity contribution in [1.82, 2.24) is 0 Å². The van der Waals surface area contributed by atoms with Crippen LogP contribution in [0.1, 0.15) is 17.3 Å². The van der Waals surface area contributed by atoms with Crippen molar-refractivity contribution in [1.29, 1.82) is 0 Å². The van der Waals surface area contributed by atoms with Gasteiger partial charge in [-0.1, -0.05) is 64.9 Å². The molecule has 1 unspecified atom stereocenters. The van der Waals surface area contributed by atoms with Crippen LogP contribution in [0.25, 0.3) is 10.4 Å². The fourth-order valence-electron chi connectivity index (χ4n) is 3.09. The van der Waals surface area contributed by atoms with Crippen LogP contribution in [0.4, 0.5) is 10.5 Å². The molecule has 3 aromatic rings. The Hall–Kier alpha value is -2.58. The zero-order valence-electron chi connectivity index (χ0n) is 16.7. The number of thiophene rings is 1. The van der Waals surface area contributed by atoms with Crippen molar-refractivity contribution in [3.8, 4) is 15.5 Å². The van der Waals surface area contributed by atoms with Crippen molar-refractivity contribution in [2.24, 2.45) is 0 Å². The number of benzene rings is 2. The molecule has 9 heteroatoms. The molecular weight excluding hydrogens is 461 g/mol. The Bertz CT molecular complexity index is 1090. The van der Waals surface area contributed by atoms with Crippen LogP contribution in [0.5, 0.6) is 5.06 Å². The molecular formula is C22H19Cl2NO5S. The predicted octanol–water partition coefficient (Wildman–Crippen LogP) is 6.46. The maximum atomic E-state index is 13.5. The predicted molar refractivity (Wildman–Crippen MR) is 123 cm³/mol. The lowest BCUT2D eigenvalue weighted by Gasteiger charge is -2.29. The van der Waals surface area contributed by atoms with Crippen LogP contribution >= 0.6 is 34.5 Å². The first-order chi connectivity index (χ1) is 14.8. The summed E-state index contributed by atoms with van der Waals surface area (Å²) in [6, 6.07) is 15.3. The zero-order chi connectivity index (χ0) is 22.5. The zero-order valence-corrected chi connectivity index (χ0v) is 19.0.